The normalized spacial score (nSPS) is 15.5. The second-order valence-electron chi connectivity index (χ2n) is 4.53. The molecule has 1 aliphatic carbocycles. The van der Waals surface area contributed by atoms with Gasteiger partial charge < -0.3 is 0 Å². The monoisotopic (exact) mass is 309 g/mol. The van der Waals surface area contributed by atoms with E-state index < -0.39 is 0 Å². The zero-order valence-corrected chi connectivity index (χ0v) is 13.7. The molecule has 5 heteroatoms. The third-order valence-corrected chi connectivity index (χ3v) is 4.48. The van der Waals surface area contributed by atoms with E-state index in [0.29, 0.717) is 6.04 Å². The number of hydrogen-bond acceptors (Lipinski definition) is 3. The Hall–Kier alpha value is -1.13. The molecule has 1 heterocycles. The third kappa shape index (κ3) is 3.49. The fourth-order valence-electron chi connectivity index (χ4n) is 1.84. The first kappa shape index (κ1) is 15.3. The quantitative estimate of drug-likeness (QED) is 0.814. The molecule has 1 fully saturated rings. The molecule has 0 amide bonds. The Morgan fingerprint density at radius 2 is 1.90 bits per heavy atom. The summed E-state index contributed by atoms with van der Waals surface area (Å²) in [5.74, 6) is 0. The summed E-state index contributed by atoms with van der Waals surface area (Å²) in [6.07, 6.45) is 3.74. The summed E-state index contributed by atoms with van der Waals surface area (Å²) in [6.45, 7) is 4.00. The smallest absolute Gasteiger partial charge is 0.203 e. The summed E-state index contributed by atoms with van der Waals surface area (Å²) in [5, 5.41) is 6.26. The number of aryl methyl sites for hydroxylation is 1. The molecule has 0 radical (unpaired) electrons. The van der Waals surface area contributed by atoms with Crippen LogP contribution in [-0.2, 0) is 7.05 Å². The van der Waals surface area contributed by atoms with E-state index >= 15 is 0 Å². The highest BCUT2D eigenvalue weighted by Gasteiger charge is 2.16. The van der Waals surface area contributed by atoms with Gasteiger partial charge in [0.25, 0.3) is 0 Å². The molecule has 0 bridgehead atoms. The predicted octanol–water partition coefficient (Wildman–Crippen LogP) is 4.28. The van der Waals surface area contributed by atoms with Crippen LogP contribution < -0.4 is 4.80 Å². The average Bonchev–Trinajstić information content (AvgIpc) is 2.78. The summed E-state index contributed by atoms with van der Waals surface area (Å²) in [7, 11) is 1.95. The number of benzene rings is 1. The molecule has 20 heavy (non-hydrogen) atoms. The van der Waals surface area contributed by atoms with Gasteiger partial charge in [0.1, 0.15) is 5.01 Å². The minimum atomic E-state index is 0.509. The van der Waals surface area contributed by atoms with E-state index in [1.54, 1.807) is 11.3 Å². The highest BCUT2D eigenvalue weighted by atomic mass is 35.5. The molecule has 0 atom stereocenters. The van der Waals surface area contributed by atoms with Crippen molar-refractivity contribution in [2.24, 2.45) is 12.0 Å². The van der Waals surface area contributed by atoms with E-state index in [4.69, 9.17) is 16.6 Å². The molecule has 0 spiro atoms. The van der Waals surface area contributed by atoms with Crippen molar-refractivity contribution in [3.63, 3.8) is 0 Å². The van der Waals surface area contributed by atoms with Gasteiger partial charge in [-0.15, -0.1) is 0 Å². The lowest BCUT2D eigenvalue weighted by Crippen LogP contribution is -2.21. The van der Waals surface area contributed by atoms with Gasteiger partial charge in [-0.3, -0.25) is 4.99 Å². The van der Waals surface area contributed by atoms with Gasteiger partial charge in [-0.2, -0.15) is 5.10 Å². The van der Waals surface area contributed by atoms with Crippen LogP contribution in [-0.4, -0.2) is 15.8 Å². The van der Waals surface area contributed by atoms with Crippen LogP contribution in [0.5, 0.6) is 0 Å². The lowest BCUT2D eigenvalue weighted by molar-refractivity contribution is 0.409. The first-order valence-electron chi connectivity index (χ1n) is 7.06. The third-order valence-electron chi connectivity index (χ3n) is 3.16. The minimum Gasteiger partial charge on any atom is -0.254 e. The van der Waals surface area contributed by atoms with Crippen LogP contribution in [0.1, 0.15) is 33.1 Å². The maximum Gasteiger partial charge on any atom is 0.203 e. The van der Waals surface area contributed by atoms with Crippen LogP contribution in [0.15, 0.2) is 29.3 Å². The topological polar surface area (TPSA) is 30.2 Å². The number of aromatic nitrogens is 2. The highest BCUT2D eigenvalue weighted by molar-refractivity contribution is 7.12. The molecule has 2 aromatic rings. The molecule has 108 valence electrons. The van der Waals surface area contributed by atoms with Gasteiger partial charge in [0.15, 0.2) is 0 Å². The van der Waals surface area contributed by atoms with Gasteiger partial charge in [0.2, 0.25) is 4.80 Å². The molecule has 3 nitrogen and oxygen atoms in total. The Balaban J connectivity index is 0.000000704. The Bertz CT molecular complexity index is 609. The van der Waals surface area contributed by atoms with Crippen molar-refractivity contribution >= 4 is 22.9 Å². The van der Waals surface area contributed by atoms with Crippen LogP contribution >= 0.6 is 22.9 Å². The number of nitrogens with zero attached hydrogens (tertiary/aromatic N) is 3. The average molecular weight is 310 g/mol. The molecular formula is C15H20ClN3S. The van der Waals surface area contributed by atoms with Crippen LogP contribution in [0.25, 0.3) is 10.6 Å². The molecule has 3 rings (SSSR count). The molecule has 0 unspecified atom stereocenters. The molecule has 1 saturated carbocycles. The largest absolute Gasteiger partial charge is 0.254 e. The SMILES string of the molecule is CC.Cn1nc(-c2ccc(Cl)cc2)sc1=NC1CCC1. The second-order valence-corrected chi connectivity index (χ2v) is 5.93. The Morgan fingerprint density at radius 1 is 1.25 bits per heavy atom. The molecule has 0 N–H and O–H groups in total. The maximum absolute atomic E-state index is 5.89. The van der Waals surface area contributed by atoms with E-state index in [1.165, 1.54) is 19.3 Å². The molecule has 1 aliphatic rings. The van der Waals surface area contributed by atoms with Gasteiger partial charge >= 0.3 is 0 Å². The lowest BCUT2D eigenvalue weighted by atomic mass is 9.94. The Kier molecular flexibility index (Phi) is 5.38. The summed E-state index contributed by atoms with van der Waals surface area (Å²) < 4.78 is 1.87. The number of rotatable bonds is 2. The summed E-state index contributed by atoms with van der Waals surface area (Å²) in [4.78, 5) is 5.72. The van der Waals surface area contributed by atoms with E-state index in [9.17, 15) is 0 Å². The summed E-state index contributed by atoms with van der Waals surface area (Å²) in [6, 6.07) is 8.28. The zero-order chi connectivity index (χ0) is 14.5. The van der Waals surface area contributed by atoms with Crippen molar-refractivity contribution in [2.45, 2.75) is 39.2 Å². The molecule has 1 aromatic carbocycles. The van der Waals surface area contributed by atoms with Crippen LogP contribution in [0, 0.1) is 0 Å². The molecule has 0 saturated heterocycles. The van der Waals surface area contributed by atoms with Gasteiger partial charge in [-0.1, -0.05) is 48.9 Å². The fraction of sp³-hybridized carbons (Fsp3) is 0.467. The molecule has 0 aliphatic heterocycles. The van der Waals surface area contributed by atoms with Gasteiger partial charge in [0.05, 0.1) is 6.04 Å². The van der Waals surface area contributed by atoms with Gasteiger partial charge in [-0.25, -0.2) is 4.68 Å². The first-order chi connectivity index (χ1) is 9.72. The number of halogens is 1. The van der Waals surface area contributed by atoms with Gasteiger partial charge in [-0.05, 0) is 31.4 Å². The lowest BCUT2D eigenvalue weighted by Gasteiger charge is -2.19. The molecule has 1 aromatic heterocycles. The minimum absolute atomic E-state index is 0.509. The van der Waals surface area contributed by atoms with Crippen molar-refractivity contribution < 1.29 is 0 Å². The summed E-state index contributed by atoms with van der Waals surface area (Å²) >= 11 is 7.53. The van der Waals surface area contributed by atoms with Crippen LogP contribution in [0.4, 0.5) is 0 Å². The zero-order valence-electron chi connectivity index (χ0n) is 12.1. The van der Waals surface area contributed by atoms with Crippen LogP contribution in [0.3, 0.4) is 0 Å². The Morgan fingerprint density at radius 3 is 2.45 bits per heavy atom. The second kappa shape index (κ2) is 7.04. The maximum atomic E-state index is 5.89. The standard InChI is InChI=1S/C13H14ClN3S.C2H6/c1-17-13(15-11-3-2-4-11)18-12(16-17)9-5-7-10(14)8-6-9;1-2/h5-8,11H,2-4H2,1H3;1-2H3. The van der Waals surface area contributed by atoms with E-state index in [2.05, 4.69) is 5.10 Å². The van der Waals surface area contributed by atoms with Crippen molar-refractivity contribution in [3.8, 4) is 10.6 Å². The van der Waals surface area contributed by atoms with E-state index in [-0.39, 0.29) is 0 Å². The van der Waals surface area contributed by atoms with E-state index in [1.807, 2.05) is 49.8 Å². The highest BCUT2D eigenvalue weighted by Crippen LogP contribution is 2.23. The predicted molar refractivity (Wildman–Crippen MR) is 86.1 cm³/mol. The fourth-order valence-corrected chi connectivity index (χ4v) is 2.93. The number of hydrogen-bond donors (Lipinski definition) is 0. The van der Waals surface area contributed by atoms with Crippen molar-refractivity contribution in [3.05, 3.63) is 34.1 Å². The molecular weight excluding hydrogens is 290 g/mol. The first-order valence-corrected chi connectivity index (χ1v) is 8.26. The van der Waals surface area contributed by atoms with Crippen molar-refractivity contribution in [1.29, 1.82) is 0 Å². The van der Waals surface area contributed by atoms with Crippen LogP contribution in [0.2, 0.25) is 5.02 Å². The van der Waals surface area contributed by atoms with Gasteiger partial charge in [0, 0.05) is 17.6 Å². The summed E-state index contributed by atoms with van der Waals surface area (Å²) in [5.41, 5.74) is 1.09. The van der Waals surface area contributed by atoms with E-state index in [0.717, 1.165) is 20.4 Å². The Labute approximate surface area is 128 Å². The van der Waals surface area contributed by atoms with Crippen molar-refractivity contribution in [2.75, 3.05) is 0 Å². The van der Waals surface area contributed by atoms with Crippen molar-refractivity contribution in [1.82, 2.24) is 9.78 Å².